The summed E-state index contributed by atoms with van der Waals surface area (Å²) in [5.74, 6) is 0.170. The van der Waals surface area contributed by atoms with Crippen LogP contribution in [0.1, 0.15) is 21.8 Å². The Bertz CT molecular complexity index is 777. The maximum atomic E-state index is 12.3. The van der Waals surface area contributed by atoms with Crippen molar-refractivity contribution in [3.8, 4) is 0 Å². The summed E-state index contributed by atoms with van der Waals surface area (Å²) >= 11 is 3.35. The van der Waals surface area contributed by atoms with Crippen molar-refractivity contribution < 1.29 is 9.21 Å². The number of aryl methyl sites for hydroxylation is 1. The lowest BCUT2D eigenvalue weighted by atomic mass is 10.1. The van der Waals surface area contributed by atoms with Gasteiger partial charge in [0.1, 0.15) is 5.52 Å². The van der Waals surface area contributed by atoms with E-state index in [4.69, 9.17) is 4.42 Å². The van der Waals surface area contributed by atoms with Crippen molar-refractivity contribution in [3.05, 3.63) is 64.0 Å². The molecule has 0 amide bonds. The molecule has 2 heterocycles. The fraction of sp³-hybridized carbons (Fsp3) is 0.0667. The maximum absolute atomic E-state index is 12.3. The van der Waals surface area contributed by atoms with Gasteiger partial charge in [-0.2, -0.15) is 0 Å². The van der Waals surface area contributed by atoms with Gasteiger partial charge in [0.2, 0.25) is 5.78 Å². The lowest BCUT2D eigenvalue weighted by Crippen LogP contribution is -1.98. The number of nitrogens with zero attached hydrogens (tertiary/aromatic N) is 1. The molecule has 0 atom stereocenters. The highest BCUT2D eigenvalue weighted by molar-refractivity contribution is 9.10. The van der Waals surface area contributed by atoms with Crippen LogP contribution < -0.4 is 0 Å². The first-order valence-corrected chi connectivity index (χ1v) is 6.60. The van der Waals surface area contributed by atoms with Gasteiger partial charge in [0.05, 0.1) is 0 Å². The van der Waals surface area contributed by atoms with Gasteiger partial charge >= 0.3 is 0 Å². The normalized spacial score (nSPS) is 10.8. The van der Waals surface area contributed by atoms with Gasteiger partial charge in [-0.15, -0.1) is 0 Å². The quantitative estimate of drug-likeness (QED) is 0.668. The number of halogens is 1. The third-order valence-electron chi connectivity index (χ3n) is 2.82. The highest BCUT2D eigenvalue weighted by Gasteiger charge is 2.15. The average molecular weight is 316 g/mol. The molecule has 3 aromatic rings. The van der Waals surface area contributed by atoms with Crippen molar-refractivity contribution in [2.45, 2.75) is 6.92 Å². The van der Waals surface area contributed by atoms with E-state index in [1.54, 1.807) is 18.2 Å². The second kappa shape index (κ2) is 4.63. The molecule has 3 nitrogen and oxygen atoms in total. The summed E-state index contributed by atoms with van der Waals surface area (Å²) in [5, 5.41) is 0. The Hall–Kier alpha value is -1.94. The molecule has 4 heteroatoms. The number of benzene rings is 1. The largest absolute Gasteiger partial charge is 0.451 e. The van der Waals surface area contributed by atoms with Gasteiger partial charge in [-0.1, -0.05) is 28.1 Å². The minimum Gasteiger partial charge on any atom is -0.451 e. The number of hydrogen-bond donors (Lipinski definition) is 0. The number of pyridine rings is 1. The van der Waals surface area contributed by atoms with Crippen molar-refractivity contribution in [3.63, 3.8) is 0 Å². The van der Waals surface area contributed by atoms with Crippen LogP contribution in [-0.4, -0.2) is 10.8 Å². The second-order valence-corrected chi connectivity index (χ2v) is 5.20. The van der Waals surface area contributed by atoms with Crippen LogP contribution in [0.3, 0.4) is 0 Å². The zero-order chi connectivity index (χ0) is 13.4. The van der Waals surface area contributed by atoms with Crippen LogP contribution in [0.2, 0.25) is 0 Å². The topological polar surface area (TPSA) is 43.1 Å². The Kier molecular flexibility index (Phi) is 2.95. The fourth-order valence-corrected chi connectivity index (χ4v) is 2.31. The van der Waals surface area contributed by atoms with Gasteiger partial charge in [-0.3, -0.25) is 4.79 Å². The van der Waals surface area contributed by atoms with Crippen LogP contribution in [0.4, 0.5) is 0 Å². The van der Waals surface area contributed by atoms with Gasteiger partial charge in [-0.05, 0) is 31.2 Å². The zero-order valence-corrected chi connectivity index (χ0v) is 11.8. The van der Waals surface area contributed by atoms with E-state index in [-0.39, 0.29) is 5.78 Å². The minimum atomic E-state index is -0.142. The van der Waals surface area contributed by atoms with E-state index in [9.17, 15) is 4.79 Å². The van der Waals surface area contributed by atoms with Crippen molar-refractivity contribution in [1.29, 1.82) is 0 Å². The lowest BCUT2D eigenvalue weighted by molar-refractivity contribution is 0.101. The van der Waals surface area contributed by atoms with Crippen molar-refractivity contribution in [2.75, 3.05) is 0 Å². The van der Waals surface area contributed by atoms with Gasteiger partial charge in [0.15, 0.2) is 11.3 Å². The summed E-state index contributed by atoms with van der Waals surface area (Å²) in [5.41, 5.74) is 2.82. The minimum absolute atomic E-state index is 0.142. The summed E-state index contributed by atoms with van der Waals surface area (Å²) in [7, 11) is 0. The number of fused-ring (bicyclic) bond motifs is 1. The summed E-state index contributed by atoms with van der Waals surface area (Å²) in [6.07, 6.45) is 0. The maximum Gasteiger partial charge on any atom is 0.228 e. The highest BCUT2D eigenvalue weighted by Crippen LogP contribution is 2.21. The number of hydrogen-bond acceptors (Lipinski definition) is 3. The smallest absolute Gasteiger partial charge is 0.228 e. The Morgan fingerprint density at radius 2 is 2.05 bits per heavy atom. The first kappa shape index (κ1) is 12.1. The van der Waals surface area contributed by atoms with Crippen LogP contribution in [0.5, 0.6) is 0 Å². The molecule has 0 aliphatic heterocycles. The van der Waals surface area contributed by atoms with E-state index in [2.05, 4.69) is 20.9 Å². The number of aromatic nitrogens is 1. The van der Waals surface area contributed by atoms with Crippen molar-refractivity contribution in [2.24, 2.45) is 0 Å². The van der Waals surface area contributed by atoms with Gasteiger partial charge in [0, 0.05) is 21.8 Å². The summed E-state index contributed by atoms with van der Waals surface area (Å²) < 4.78 is 6.42. The van der Waals surface area contributed by atoms with Crippen LogP contribution >= 0.6 is 15.9 Å². The van der Waals surface area contributed by atoms with E-state index in [1.807, 2.05) is 31.2 Å². The van der Waals surface area contributed by atoms with Gasteiger partial charge < -0.3 is 4.42 Å². The van der Waals surface area contributed by atoms with E-state index in [0.29, 0.717) is 22.4 Å². The van der Waals surface area contributed by atoms with Crippen molar-refractivity contribution >= 4 is 32.8 Å². The molecule has 0 N–H and O–H groups in total. The first-order chi connectivity index (χ1) is 9.13. The monoisotopic (exact) mass is 315 g/mol. The molecule has 2 aromatic heterocycles. The van der Waals surface area contributed by atoms with Crippen LogP contribution in [0, 0.1) is 6.92 Å². The number of ketones is 1. The molecule has 0 saturated carbocycles. The Morgan fingerprint density at radius 1 is 1.21 bits per heavy atom. The molecule has 94 valence electrons. The molecule has 0 spiro atoms. The molecule has 3 rings (SSSR count). The summed E-state index contributed by atoms with van der Waals surface area (Å²) in [6, 6.07) is 12.6. The number of furan rings is 1. The van der Waals surface area contributed by atoms with E-state index in [1.165, 1.54) is 0 Å². The Morgan fingerprint density at radius 3 is 2.84 bits per heavy atom. The van der Waals surface area contributed by atoms with E-state index in [0.717, 1.165) is 10.2 Å². The number of rotatable bonds is 2. The van der Waals surface area contributed by atoms with Gasteiger partial charge in [-0.25, -0.2) is 4.98 Å². The van der Waals surface area contributed by atoms with Crippen LogP contribution in [-0.2, 0) is 0 Å². The Balaban J connectivity index is 2.06. The standard InChI is InChI=1S/C15H10BrNO2/c1-9-5-6-13-12(17-9)8-14(19-13)15(18)10-3-2-4-11(16)7-10/h2-8H,1H3. The molecule has 0 aliphatic rings. The lowest BCUT2D eigenvalue weighted by Gasteiger charge is -1.97. The molecule has 1 aromatic carbocycles. The molecular weight excluding hydrogens is 306 g/mol. The Labute approximate surface area is 118 Å². The van der Waals surface area contributed by atoms with E-state index >= 15 is 0 Å². The molecule has 0 fully saturated rings. The fourth-order valence-electron chi connectivity index (χ4n) is 1.91. The van der Waals surface area contributed by atoms with Gasteiger partial charge in [0.25, 0.3) is 0 Å². The average Bonchev–Trinajstić information content (AvgIpc) is 2.80. The predicted octanol–water partition coefficient (Wildman–Crippen LogP) is 4.13. The molecule has 0 unspecified atom stereocenters. The number of carbonyl (C=O) groups is 1. The molecule has 0 bridgehead atoms. The third-order valence-corrected chi connectivity index (χ3v) is 3.32. The molecule has 19 heavy (non-hydrogen) atoms. The second-order valence-electron chi connectivity index (χ2n) is 4.29. The van der Waals surface area contributed by atoms with E-state index < -0.39 is 0 Å². The van der Waals surface area contributed by atoms with Crippen LogP contribution in [0.25, 0.3) is 11.1 Å². The van der Waals surface area contributed by atoms with Crippen LogP contribution in [0.15, 0.2) is 51.4 Å². The molecule has 0 radical (unpaired) electrons. The van der Waals surface area contributed by atoms with Crippen molar-refractivity contribution in [1.82, 2.24) is 4.98 Å². The summed E-state index contributed by atoms with van der Waals surface area (Å²) in [4.78, 5) is 16.6. The molecule has 0 saturated heterocycles. The highest BCUT2D eigenvalue weighted by atomic mass is 79.9. The third kappa shape index (κ3) is 2.31. The zero-order valence-electron chi connectivity index (χ0n) is 10.2. The SMILES string of the molecule is Cc1ccc2oc(C(=O)c3cccc(Br)c3)cc2n1. The molecular formula is C15H10BrNO2. The number of carbonyl (C=O) groups excluding carboxylic acids is 1. The molecule has 0 aliphatic carbocycles. The first-order valence-electron chi connectivity index (χ1n) is 5.81. The summed E-state index contributed by atoms with van der Waals surface area (Å²) in [6.45, 7) is 1.91. The predicted molar refractivity (Wildman–Crippen MR) is 76.3 cm³/mol.